The van der Waals surface area contributed by atoms with Crippen LogP contribution in [0.2, 0.25) is 0 Å². The Morgan fingerprint density at radius 3 is 0.740 bits per heavy atom. The van der Waals surface area contributed by atoms with Gasteiger partial charge in [-0.1, -0.05) is 256 Å². The molecule has 0 bridgehead atoms. The summed E-state index contributed by atoms with van der Waals surface area (Å²) in [7, 11) is 0. The number of carbonyl (C=O) groups excluding carboxylic acids is 3. The molecule has 0 aliphatic rings. The molecule has 0 aliphatic carbocycles. The second-order valence-electron chi connectivity index (χ2n) is 20.2. The number of allylic oxidation sites excluding steroid dienone is 24. The van der Waals surface area contributed by atoms with Crippen LogP contribution in [0.3, 0.4) is 0 Å². The van der Waals surface area contributed by atoms with Crippen LogP contribution in [0.15, 0.2) is 146 Å². The van der Waals surface area contributed by atoms with Crippen LogP contribution in [-0.2, 0) is 28.6 Å². The third-order valence-corrected chi connectivity index (χ3v) is 12.8. The Labute approximate surface area is 474 Å². The van der Waals surface area contributed by atoms with E-state index < -0.39 is 6.10 Å². The van der Waals surface area contributed by atoms with Gasteiger partial charge in [0.25, 0.3) is 0 Å². The molecule has 0 aliphatic heterocycles. The van der Waals surface area contributed by atoms with Crippen molar-refractivity contribution < 1.29 is 28.6 Å². The van der Waals surface area contributed by atoms with E-state index in [1.54, 1.807) is 0 Å². The number of hydrogen-bond donors (Lipinski definition) is 0. The first-order chi connectivity index (χ1) is 38.0. The maximum absolute atomic E-state index is 12.9. The second-order valence-corrected chi connectivity index (χ2v) is 20.2. The lowest BCUT2D eigenvalue weighted by Gasteiger charge is -2.18. The number of hydrogen-bond acceptors (Lipinski definition) is 6. The van der Waals surface area contributed by atoms with E-state index in [0.29, 0.717) is 12.8 Å². The summed E-state index contributed by atoms with van der Waals surface area (Å²) in [5, 5.41) is 0. The molecule has 0 aromatic heterocycles. The summed E-state index contributed by atoms with van der Waals surface area (Å²) in [6.07, 6.45) is 91.3. The second kappa shape index (κ2) is 63.8. The van der Waals surface area contributed by atoms with Crippen LogP contribution in [0.4, 0.5) is 0 Å². The lowest BCUT2D eigenvalue weighted by atomic mass is 10.1. The minimum atomic E-state index is -0.809. The summed E-state index contributed by atoms with van der Waals surface area (Å²) in [6.45, 7) is 6.27. The molecule has 0 heterocycles. The Morgan fingerprint density at radius 1 is 0.260 bits per heavy atom. The average molecular weight is 1060 g/mol. The molecule has 0 N–H and O–H groups in total. The standard InChI is InChI=1S/C71H114O6/c1-4-7-10-13-16-19-22-25-28-31-33-34-35-36-38-40-43-46-49-52-55-58-61-64-70(73)76-67-68(66-75-69(72)63-60-57-54-51-48-45-42-39-30-27-24-21-18-15-12-9-6-3)77-71(74)65-62-59-56-53-50-47-44-41-37-32-29-26-23-20-17-14-11-8-5-2/h7-12,16-21,25-30,33-34,37,41,47,50,68H,4-6,13-15,22-24,31-32,35-36,38-40,42-46,48-49,51-67H2,1-3H3/b10-7-,11-8-,12-9-,19-16-,20-17-,21-18-,28-25-,29-26-,30-27-,34-33-,41-37-,50-47-. The van der Waals surface area contributed by atoms with Crippen molar-refractivity contribution in [2.75, 3.05) is 13.2 Å². The van der Waals surface area contributed by atoms with Crippen molar-refractivity contribution >= 4 is 17.9 Å². The van der Waals surface area contributed by atoms with E-state index in [2.05, 4.69) is 167 Å². The predicted octanol–water partition coefficient (Wildman–Crippen LogP) is 21.5. The molecule has 6 nitrogen and oxygen atoms in total. The van der Waals surface area contributed by atoms with Gasteiger partial charge in [-0.05, 0) is 135 Å². The Bertz CT molecular complexity index is 1700. The maximum Gasteiger partial charge on any atom is 0.306 e. The molecule has 1 atom stereocenters. The van der Waals surface area contributed by atoms with Gasteiger partial charge in [0.05, 0.1) is 0 Å². The van der Waals surface area contributed by atoms with Gasteiger partial charge in [0.2, 0.25) is 0 Å². The van der Waals surface area contributed by atoms with Crippen molar-refractivity contribution in [3.05, 3.63) is 146 Å². The third-order valence-electron chi connectivity index (χ3n) is 12.8. The van der Waals surface area contributed by atoms with Crippen LogP contribution in [0.5, 0.6) is 0 Å². The SMILES string of the molecule is CC/C=C\C/C=C\C/C=C\C/C=C\C/C=C\CCCCCC(=O)OC(COC(=O)CCCCCCCCC/C=C\C/C=C\C/C=C\CC)COC(=O)CCCCCCCCCCCC/C=C\C/C=C\C/C=C\C/C=C\CC. The van der Waals surface area contributed by atoms with Crippen LogP contribution < -0.4 is 0 Å². The number of esters is 3. The van der Waals surface area contributed by atoms with Gasteiger partial charge in [0.15, 0.2) is 6.10 Å². The maximum atomic E-state index is 12.9. The van der Waals surface area contributed by atoms with Crippen molar-refractivity contribution in [2.45, 2.75) is 271 Å². The normalized spacial score (nSPS) is 13.1. The number of ether oxygens (including phenoxy) is 3. The van der Waals surface area contributed by atoms with Crippen LogP contribution >= 0.6 is 0 Å². The molecule has 0 rings (SSSR count). The molecular formula is C71H114O6. The van der Waals surface area contributed by atoms with Gasteiger partial charge in [0.1, 0.15) is 13.2 Å². The van der Waals surface area contributed by atoms with E-state index in [1.165, 1.54) is 77.0 Å². The van der Waals surface area contributed by atoms with Crippen LogP contribution in [0, 0.1) is 0 Å². The number of unbranched alkanes of at least 4 members (excludes halogenated alkanes) is 20. The Balaban J connectivity index is 4.47. The zero-order valence-electron chi connectivity index (χ0n) is 49.7. The molecule has 6 heteroatoms. The third kappa shape index (κ3) is 62.0. The molecule has 434 valence electrons. The van der Waals surface area contributed by atoms with Crippen molar-refractivity contribution in [3.63, 3.8) is 0 Å². The minimum absolute atomic E-state index is 0.102. The molecular weight excluding hydrogens is 949 g/mol. The van der Waals surface area contributed by atoms with Crippen LogP contribution in [-0.4, -0.2) is 37.2 Å². The first-order valence-electron chi connectivity index (χ1n) is 31.3. The van der Waals surface area contributed by atoms with Gasteiger partial charge in [-0.15, -0.1) is 0 Å². The predicted molar refractivity (Wildman–Crippen MR) is 334 cm³/mol. The summed E-state index contributed by atoms with van der Waals surface area (Å²) in [5.41, 5.74) is 0. The Kier molecular flexibility index (Phi) is 59.9. The van der Waals surface area contributed by atoms with Crippen LogP contribution in [0.25, 0.3) is 0 Å². The molecule has 1 unspecified atom stereocenters. The van der Waals surface area contributed by atoms with Crippen molar-refractivity contribution in [1.82, 2.24) is 0 Å². The summed E-state index contributed by atoms with van der Waals surface area (Å²) in [6, 6.07) is 0. The van der Waals surface area contributed by atoms with Gasteiger partial charge in [-0.2, -0.15) is 0 Å². The highest BCUT2D eigenvalue weighted by Crippen LogP contribution is 2.15. The fraction of sp³-hybridized carbons (Fsp3) is 0.620. The summed E-state index contributed by atoms with van der Waals surface area (Å²) in [5.74, 6) is -0.949. The lowest BCUT2D eigenvalue weighted by molar-refractivity contribution is -0.167. The lowest BCUT2D eigenvalue weighted by Crippen LogP contribution is -2.30. The van der Waals surface area contributed by atoms with Gasteiger partial charge in [-0.25, -0.2) is 0 Å². The van der Waals surface area contributed by atoms with E-state index in [4.69, 9.17) is 14.2 Å². The van der Waals surface area contributed by atoms with Crippen molar-refractivity contribution in [1.29, 1.82) is 0 Å². The summed E-state index contributed by atoms with van der Waals surface area (Å²) in [4.78, 5) is 38.3. The smallest absolute Gasteiger partial charge is 0.306 e. The fourth-order valence-electron chi connectivity index (χ4n) is 8.24. The van der Waals surface area contributed by atoms with Gasteiger partial charge < -0.3 is 14.2 Å². The highest BCUT2D eigenvalue weighted by Gasteiger charge is 2.19. The van der Waals surface area contributed by atoms with Gasteiger partial charge in [0, 0.05) is 19.3 Å². The van der Waals surface area contributed by atoms with Crippen molar-refractivity contribution in [3.8, 4) is 0 Å². The molecule has 0 radical (unpaired) electrons. The van der Waals surface area contributed by atoms with E-state index >= 15 is 0 Å². The summed E-state index contributed by atoms with van der Waals surface area (Å²) >= 11 is 0. The van der Waals surface area contributed by atoms with Crippen LogP contribution in [0.1, 0.15) is 265 Å². The number of rotatable bonds is 55. The Morgan fingerprint density at radius 2 is 0.468 bits per heavy atom. The molecule has 0 fully saturated rings. The minimum Gasteiger partial charge on any atom is -0.462 e. The van der Waals surface area contributed by atoms with E-state index in [9.17, 15) is 14.4 Å². The molecule has 77 heavy (non-hydrogen) atoms. The molecule has 0 saturated heterocycles. The quantitative estimate of drug-likeness (QED) is 0.0261. The van der Waals surface area contributed by atoms with E-state index in [1.807, 2.05) is 0 Å². The zero-order chi connectivity index (χ0) is 55.7. The first-order valence-corrected chi connectivity index (χ1v) is 31.3. The van der Waals surface area contributed by atoms with Crippen molar-refractivity contribution in [2.24, 2.45) is 0 Å². The zero-order valence-corrected chi connectivity index (χ0v) is 49.7. The molecule has 0 saturated carbocycles. The highest BCUT2D eigenvalue weighted by atomic mass is 16.6. The molecule has 0 aromatic rings. The summed E-state index contributed by atoms with van der Waals surface area (Å²) < 4.78 is 16.9. The highest BCUT2D eigenvalue weighted by molar-refractivity contribution is 5.71. The first kappa shape index (κ1) is 72.3. The largest absolute Gasteiger partial charge is 0.462 e. The van der Waals surface area contributed by atoms with Gasteiger partial charge >= 0.3 is 17.9 Å². The topological polar surface area (TPSA) is 78.9 Å². The number of carbonyl (C=O) groups is 3. The van der Waals surface area contributed by atoms with Gasteiger partial charge in [-0.3, -0.25) is 14.4 Å². The fourth-order valence-corrected chi connectivity index (χ4v) is 8.24. The molecule has 0 spiro atoms. The van der Waals surface area contributed by atoms with E-state index in [-0.39, 0.29) is 37.5 Å². The monoisotopic (exact) mass is 1060 g/mol. The van der Waals surface area contributed by atoms with E-state index in [0.717, 1.165) is 148 Å². The Hall–Kier alpha value is -4.71. The molecule has 0 amide bonds. The molecule has 0 aromatic carbocycles. The average Bonchev–Trinajstić information content (AvgIpc) is 3.43.